The van der Waals surface area contributed by atoms with E-state index in [1.165, 1.54) is 18.4 Å². The summed E-state index contributed by atoms with van der Waals surface area (Å²) in [5.41, 5.74) is 0.454. The van der Waals surface area contributed by atoms with E-state index in [1.54, 1.807) is 36.4 Å². The average molecular weight is 445 g/mol. The van der Waals surface area contributed by atoms with Gasteiger partial charge in [-0.05, 0) is 29.8 Å². The summed E-state index contributed by atoms with van der Waals surface area (Å²) in [6.45, 7) is -0.421. The molecule has 0 amide bonds. The Bertz CT molecular complexity index is 1150. The number of esters is 1. The Kier molecular flexibility index (Phi) is 7.00. The summed E-state index contributed by atoms with van der Waals surface area (Å²) in [7, 11) is -4.17. The van der Waals surface area contributed by atoms with Gasteiger partial charge in [-0.2, -0.15) is 4.72 Å². The van der Waals surface area contributed by atoms with Crippen LogP contribution in [0.3, 0.4) is 0 Å². The van der Waals surface area contributed by atoms with E-state index in [1.807, 2.05) is 6.07 Å². The Morgan fingerprint density at radius 2 is 1.87 bits per heavy atom. The van der Waals surface area contributed by atoms with Crippen LogP contribution in [0.5, 0.6) is 0 Å². The number of hydrogen-bond donors (Lipinski definition) is 2. The van der Waals surface area contributed by atoms with Gasteiger partial charge in [-0.15, -0.1) is 0 Å². The number of carbonyl (C=O) groups excluding carboxylic acids is 1. The van der Waals surface area contributed by atoms with Crippen LogP contribution in [-0.4, -0.2) is 25.9 Å². The lowest BCUT2D eigenvalue weighted by Crippen LogP contribution is -2.30. The molecule has 10 nitrogen and oxygen atoms in total. The van der Waals surface area contributed by atoms with E-state index in [2.05, 4.69) is 10.0 Å². The minimum atomic E-state index is -4.17. The van der Waals surface area contributed by atoms with Crippen LogP contribution in [0, 0.1) is 10.1 Å². The van der Waals surface area contributed by atoms with Crippen LogP contribution in [0.2, 0.25) is 0 Å². The van der Waals surface area contributed by atoms with Crippen molar-refractivity contribution in [3.05, 3.63) is 88.4 Å². The number of nitro groups is 1. The second-order valence-electron chi connectivity index (χ2n) is 6.34. The highest BCUT2D eigenvalue weighted by Crippen LogP contribution is 2.28. The highest BCUT2D eigenvalue weighted by molar-refractivity contribution is 7.89. The van der Waals surface area contributed by atoms with Gasteiger partial charge in [-0.3, -0.25) is 14.9 Å². The van der Waals surface area contributed by atoms with Gasteiger partial charge in [0.05, 0.1) is 22.6 Å². The second kappa shape index (κ2) is 9.87. The van der Waals surface area contributed by atoms with Crippen LogP contribution in [0.4, 0.5) is 11.4 Å². The predicted octanol–water partition coefficient (Wildman–Crippen LogP) is 2.82. The zero-order valence-corrected chi connectivity index (χ0v) is 17.0. The van der Waals surface area contributed by atoms with Crippen LogP contribution in [0.15, 0.2) is 76.2 Å². The van der Waals surface area contributed by atoms with Gasteiger partial charge in [0.1, 0.15) is 24.6 Å². The minimum absolute atomic E-state index is 0.00288. The van der Waals surface area contributed by atoms with E-state index in [4.69, 9.17) is 9.15 Å². The zero-order chi connectivity index (χ0) is 22.3. The number of furan rings is 1. The number of nitrogens with one attached hydrogen (secondary N) is 2. The summed E-state index contributed by atoms with van der Waals surface area (Å²) in [5, 5.41) is 14.2. The highest BCUT2D eigenvalue weighted by Gasteiger charge is 2.22. The lowest BCUT2D eigenvalue weighted by atomic mass is 10.2. The van der Waals surface area contributed by atoms with Crippen molar-refractivity contribution in [2.75, 3.05) is 11.9 Å². The van der Waals surface area contributed by atoms with E-state index in [0.717, 1.165) is 11.6 Å². The molecule has 0 aliphatic rings. The Balaban J connectivity index is 1.63. The van der Waals surface area contributed by atoms with Crippen molar-refractivity contribution in [3.8, 4) is 0 Å². The third-order valence-electron chi connectivity index (χ3n) is 4.16. The molecule has 1 aromatic heterocycles. The van der Waals surface area contributed by atoms with Crippen LogP contribution in [0.25, 0.3) is 0 Å². The molecule has 3 aromatic rings. The van der Waals surface area contributed by atoms with E-state index < -0.39 is 33.1 Å². The van der Waals surface area contributed by atoms with Crippen LogP contribution < -0.4 is 10.0 Å². The Morgan fingerprint density at radius 3 is 2.55 bits per heavy atom. The Hall–Kier alpha value is -3.70. The van der Waals surface area contributed by atoms with Gasteiger partial charge >= 0.3 is 5.97 Å². The maximum absolute atomic E-state index is 12.5. The first-order chi connectivity index (χ1) is 14.8. The minimum Gasteiger partial charge on any atom is -0.467 e. The monoisotopic (exact) mass is 445 g/mol. The number of anilines is 1. The number of benzene rings is 2. The maximum Gasteiger partial charge on any atom is 0.321 e. The maximum atomic E-state index is 12.5. The van der Waals surface area contributed by atoms with Crippen molar-refractivity contribution in [2.24, 2.45) is 0 Å². The molecule has 0 atom stereocenters. The lowest BCUT2D eigenvalue weighted by molar-refractivity contribution is -0.384. The number of hydrogen-bond acceptors (Lipinski definition) is 8. The number of rotatable bonds is 10. The van der Waals surface area contributed by atoms with E-state index in [9.17, 15) is 23.3 Å². The van der Waals surface area contributed by atoms with Crippen molar-refractivity contribution in [1.82, 2.24) is 4.72 Å². The quantitative estimate of drug-likeness (QED) is 0.276. The van der Waals surface area contributed by atoms with Gasteiger partial charge in [0.2, 0.25) is 10.0 Å². The third-order valence-corrected chi connectivity index (χ3v) is 5.56. The standard InChI is InChI=1S/C20H19N3O7S/c24-20(30-14-15-5-2-1-3-6-15)13-22-31(27,28)17-8-9-18(19(11-17)23(25)26)21-12-16-7-4-10-29-16/h1-11,21-22H,12-14H2. The van der Waals surface area contributed by atoms with E-state index in [-0.39, 0.29) is 23.7 Å². The third kappa shape index (κ3) is 6.14. The van der Waals surface area contributed by atoms with Gasteiger partial charge in [-0.25, -0.2) is 8.42 Å². The molecule has 0 unspecified atom stereocenters. The van der Waals surface area contributed by atoms with Crippen molar-refractivity contribution in [2.45, 2.75) is 18.0 Å². The van der Waals surface area contributed by atoms with Gasteiger partial charge in [0.15, 0.2) is 0 Å². The zero-order valence-electron chi connectivity index (χ0n) is 16.2. The second-order valence-corrected chi connectivity index (χ2v) is 8.11. The molecule has 2 N–H and O–H groups in total. The molecule has 1 heterocycles. The fraction of sp³-hybridized carbons (Fsp3) is 0.150. The number of nitro benzene ring substituents is 1. The fourth-order valence-electron chi connectivity index (χ4n) is 2.60. The summed E-state index contributed by atoms with van der Waals surface area (Å²) in [6.07, 6.45) is 1.47. The molecule has 0 spiro atoms. The van der Waals surface area contributed by atoms with Gasteiger partial charge < -0.3 is 14.5 Å². The molecule has 0 aliphatic heterocycles. The van der Waals surface area contributed by atoms with Crippen molar-refractivity contribution >= 4 is 27.4 Å². The summed E-state index contributed by atoms with van der Waals surface area (Å²) in [4.78, 5) is 22.2. The topological polar surface area (TPSA) is 141 Å². The molecule has 0 saturated heterocycles. The fourth-order valence-corrected chi connectivity index (χ4v) is 3.59. The number of carbonyl (C=O) groups is 1. The molecule has 0 radical (unpaired) electrons. The average Bonchev–Trinajstić information content (AvgIpc) is 3.29. The Morgan fingerprint density at radius 1 is 1.10 bits per heavy atom. The molecule has 0 saturated carbocycles. The smallest absolute Gasteiger partial charge is 0.321 e. The first-order valence-corrected chi connectivity index (χ1v) is 10.6. The molecule has 31 heavy (non-hydrogen) atoms. The molecule has 0 bridgehead atoms. The summed E-state index contributed by atoms with van der Waals surface area (Å²) >= 11 is 0. The Labute approximate surface area is 178 Å². The van der Waals surface area contributed by atoms with Gasteiger partial charge in [0, 0.05) is 6.07 Å². The van der Waals surface area contributed by atoms with Crippen LogP contribution >= 0.6 is 0 Å². The number of sulfonamides is 1. The van der Waals surface area contributed by atoms with Crippen LogP contribution in [-0.2, 0) is 32.7 Å². The van der Waals surface area contributed by atoms with Crippen LogP contribution in [0.1, 0.15) is 11.3 Å². The van der Waals surface area contributed by atoms with E-state index in [0.29, 0.717) is 5.76 Å². The first-order valence-electron chi connectivity index (χ1n) is 9.09. The molecule has 3 rings (SSSR count). The molecular formula is C20H19N3O7S. The largest absolute Gasteiger partial charge is 0.467 e. The first kappa shape index (κ1) is 22.0. The summed E-state index contributed by atoms with van der Waals surface area (Å²) < 4.78 is 37.2. The van der Waals surface area contributed by atoms with Gasteiger partial charge in [-0.1, -0.05) is 30.3 Å². The SMILES string of the molecule is O=C(CNS(=O)(=O)c1ccc(NCc2ccco2)c([N+](=O)[O-])c1)OCc1ccccc1. The molecule has 0 fully saturated rings. The van der Waals surface area contributed by atoms with Crippen molar-refractivity contribution < 1.29 is 27.3 Å². The van der Waals surface area contributed by atoms with Crippen molar-refractivity contribution in [1.29, 1.82) is 0 Å². The van der Waals surface area contributed by atoms with E-state index >= 15 is 0 Å². The molecule has 2 aromatic carbocycles. The normalized spacial score (nSPS) is 11.1. The summed E-state index contributed by atoms with van der Waals surface area (Å²) in [5.74, 6) is -0.222. The molecular weight excluding hydrogens is 426 g/mol. The number of nitrogens with zero attached hydrogens (tertiary/aromatic N) is 1. The predicted molar refractivity (Wildman–Crippen MR) is 111 cm³/mol. The molecule has 0 aliphatic carbocycles. The summed E-state index contributed by atoms with van der Waals surface area (Å²) in [6, 6.07) is 15.7. The van der Waals surface area contributed by atoms with Gasteiger partial charge in [0.25, 0.3) is 5.69 Å². The highest BCUT2D eigenvalue weighted by atomic mass is 32.2. The molecule has 162 valence electrons. The molecule has 11 heteroatoms. The van der Waals surface area contributed by atoms with Crippen molar-refractivity contribution in [3.63, 3.8) is 0 Å². The lowest BCUT2D eigenvalue weighted by Gasteiger charge is -2.10. The number of ether oxygens (including phenoxy) is 1.